The molecule has 3 rings (SSSR count). The highest BCUT2D eigenvalue weighted by atomic mass is 79.9. The summed E-state index contributed by atoms with van der Waals surface area (Å²) < 4.78 is 24.0. The number of esters is 1. The molecular weight excluding hydrogens is 508 g/mol. The Kier molecular flexibility index (Phi) is 8.47. The van der Waals surface area contributed by atoms with E-state index in [1.165, 1.54) is 19.4 Å². The SMILES string of the molecule is CCOc1cc(/C=N/NC(=O)Cn2nc(C)c(Br)c2C)ccc1OCc1ccc(C(=O)OC)o1. The Balaban J connectivity index is 1.60. The summed E-state index contributed by atoms with van der Waals surface area (Å²) in [5.41, 5.74) is 4.88. The van der Waals surface area contributed by atoms with E-state index in [4.69, 9.17) is 13.9 Å². The van der Waals surface area contributed by atoms with Crippen molar-refractivity contribution in [3.63, 3.8) is 0 Å². The molecule has 0 saturated heterocycles. The molecule has 0 fully saturated rings. The van der Waals surface area contributed by atoms with E-state index in [0.29, 0.717) is 29.4 Å². The molecule has 1 aromatic carbocycles. The first-order valence-electron chi connectivity index (χ1n) is 10.4. The summed E-state index contributed by atoms with van der Waals surface area (Å²) in [6, 6.07) is 8.41. The van der Waals surface area contributed by atoms with Gasteiger partial charge in [0.05, 0.1) is 35.8 Å². The van der Waals surface area contributed by atoms with Gasteiger partial charge in [0, 0.05) is 0 Å². The molecule has 1 amide bonds. The van der Waals surface area contributed by atoms with E-state index in [2.05, 4.69) is 36.3 Å². The molecule has 0 atom stereocenters. The fourth-order valence-electron chi connectivity index (χ4n) is 2.99. The molecule has 180 valence electrons. The summed E-state index contributed by atoms with van der Waals surface area (Å²) in [7, 11) is 1.28. The van der Waals surface area contributed by atoms with E-state index >= 15 is 0 Å². The van der Waals surface area contributed by atoms with E-state index in [9.17, 15) is 9.59 Å². The van der Waals surface area contributed by atoms with Gasteiger partial charge in [0.1, 0.15) is 18.9 Å². The van der Waals surface area contributed by atoms with Crippen molar-refractivity contribution < 1.29 is 28.2 Å². The van der Waals surface area contributed by atoms with Gasteiger partial charge in [-0.2, -0.15) is 10.2 Å². The first-order chi connectivity index (χ1) is 16.3. The number of methoxy groups -OCH3 is 1. The number of hydrogen-bond acceptors (Lipinski definition) is 8. The molecule has 10 nitrogen and oxygen atoms in total. The number of benzene rings is 1. The summed E-state index contributed by atoms with van der Waals surface area (Å²) in [5, 5.41) is 8.32. The molecule has 2 heterocycles. The minimum Gasteiger partial charge on any atom is -0.490 e. The van der Waals surface area contributed by atoms with Crippen LogP contribution in [0.4, 0.5) is 0 Å². The highest BCUT2D eigenvalue weighted by molar-refractivity contribution is 9.10. The van der Waals surface area contributed by atoms with Crippen LogP contribution in [0, 0.1) is 13.8 Å². The maximum Gasteiger partial charge on any atom is 0.373 e. The average molecular weight is 533 g/mol. The van der Waals surface area contributed by atoms with Crippen LogP contribution in [0.5, 0.6) is 11.5 Å². The third kappa shape index (κ3) is 6.25. The number of rotatable bonds is 10. The Morgan fingerprint density at radius 2 is 2.00 bits per heavy atom. The van der Waals surface area contributed by atoms with Gasteiger partial charge in [-0.3, -0.25) is 9.48 Å². The monoisotopic (exact) mass is 532 g/mol. The van der Waals surface area contributed by atoms with E-state index in [-0.39, 0.29) is 24.8 Å². The zero-order chi connectivity index (χ0) is 24.7. The quantitative estimate of drug-likeness (QED) is 0.240. The number of hydrogen-bond donors (Lipinski definition) is 1. The van der Waals surface area contributed by atoms with Gasteiger partial charge in [-0.05, 0) is 72.6 Å². The zero-order valence-electron chi connectivity index (χ0n) is 19.3. The second-order valence-electron chi connectivity index (χ2n) is 7.12. The second-order valence-corrected chi connectivity index (χ2v) is 7.91. The summed E-state index contributed by atoms with van der Waals surface area (Å²) in [6.45, 7) is 6.18. The van der Waals surface area contributed by atoms with Gasteiger partial charge >= 0.3 is 5.97 Å². The van der Waals surface area contributed by atoms with Crippen molar-refractivity contribution in [2.45, 2.75) is 33.9 Å². The number of carbonyl (C=O) groups is 2. The Morgan fingerprint density at radius 1 is 1.21 bits per heavy atom. The number of aromatic nitrogens is 2. The van der Waals surface area contributed by atoms with Crippen LogP contribution in [0.25, 0.3) is 0 Å². The summed E-state index contributed by atoms with van der Waals surface area (Å²) >= 11 is 3.44. The average Bonchev–Trinajstić information content (AvgIpc) is 3.39. The minimum absolute atomic E-state index is 0.0526. The Hall–Kier alpha value is -3.60. The Bertz CT molecular complexity index is 1200. The second kappa shape index (κ2) is 11.5. The Labute approximate surface area is 205 Å². The van der Waals surface area contributed by atoms with Crippen LogP contribution in [0.15, 0.2) is 44.3 Å². The van der Waals surface area contributed by atoms with Gasteiger partial charge in [-0.15, -0.1) is 0 Å². The molecule has 0 spiro atoms. The maximum absolute atomic E-state index is 12.2. The maximum atomic E-state index is 12.2. The molecule has 0 radical (unpaired) electrons. The molecular formula is C23H25BrN4O6. The number of ether oxygens (including phenoxy) is 3. The minimum atomic E-state index is -0.556. The van der Waals surface area contributed by atoms with E-state index in [0.717, 1.165) is 15.9 Å². The highest BCUT2D eigenvalue weighted by Crippen LogP contribution is 2.29. The molecule has 34 heavy (non-hydrogen) atoms. The van der Waals surface area contributed by atoms with Gasteiger partial charge in [-0.1, -0.05) is 0 Å². The van der Waals surface area contributed by atoms with Crippen molar-refractivity contribution in [1.82, 2.24) is 15.2 Å². The molecule has 0 aliphatic rings. The topological polar surface area (TPSA) is 117 Å². The molecule has 0 aliphatic carbocycles. The van der Waals surface area contributed by atoms with Crippen LogP contribution in [-0.4, -0.2) is 41.6 Å². The number of carbonyl (C=O) groups excluding carboxylic acids is 2. The Morgan fingerprint density at radius 3 is 2.68 bits per heavy atom. The number of furan rings is 1. The van der Waals surface area contributed by atoms with Gasteiger partial charge in [0.25, 0.3) is 5.91 Å². The van der Waals surface area contributed by atoms with E-state index in [1.54, 1.807) is 28.9 Å². The molecule has 2 aromatic heterocycles. The van der Waals surface area contributed by atoms with Crippen molar-refractivity contribution in [2.75, 3.05) is 13.7 Å². The lowest BCUT2D eigenvalue weighted by atomic mass is 10.2. The smallest absolute Gasteiger partial charge is 0.373 e. The molecule has 0 aliphatic heterocycles. The van der Waals surface area contributed by atoms with Crippen molar-refractivity contribution >= 4 is 34.0 Å². The summed E-state index contributed by atoms with van der Waals surface area (Å²) in [5.74, 6) is 0.707. The molecule has 0 saturated carbocycles. The molecule has 3 aromatic rings. The lowest BCUT2D eigenvalue weighted by Crippen LogP contribution is -2.24. The molecule has 1 N–H and O–H groups in total. The predicted molar refractivity (Wildman–Crippen MR) is 127 cm³/mol. The lowest BCUT2D eigenvalue weighted by Gasteiger charge is -2.11. The van der Waals surface area contributed by atoms with Crippen LogP contribution >= 0.6 is 15.9 Å². The van der Waals surface area contributed by atoms with Crippen molar-refractivity contribution in [3.05, 3.63) is 63.3 Å². The predicted octanol–water partition coefficient (Wildman–Crippen LogP) is 3.77. The van der Waals surface area contributed by atoms with Crippen LogP contribution in [0.2, 0.25) is 0 Å². The van der Waals surface area contributed by atoms with Crippen molar-refractivity contribution in [3.8, 4) is 11.5 Å². The van der Waals surface area contributed by atoms with Crippen molar-refractivity contribution in [1.29, 1.82) is 0 Å². The normalized spacial score (nSPS) is 11.0. The number of amides is 1. The van der Waals surface area contributed by atoms with Crippen LogP contribution in [-0.2, 0) is 22.7 Å². The van der Waals surface area contributed by atoms with Gasteiger partial charge < -0.3 is 18.6 Å². The lowest BCUT2D eigenvalue weighted by molar-refractivity contribution is -0.121. The third-order valence-corrected chi connectivity index (χ3v) is 5.82. The molecule has 0 unspecified atom stereocenters. The van der Waals surface area contributed by atoms with Gasteiger partial charge in [0.15, 0.2) is 11.5 Å². The highest BCUT2D eigenvalue weighted by Gasteiger charge is 2.13. The number of nitrogens with one attached hydrogen (secondary N) is 1. The third-order valence-electron chi connectivity index (χ3n) is 4.68. The van der Waals surface area contributed by atoms with Crippen LogP contribution < -0.4 is 14.9 Å². The van der Waals surface area contributed by atoms with E-state index < -0.39 is 5.97 Å². The number of halogens is 1. The van der Waals surface area contributed by atoms with Crippen LogP contribution in [0.1, 0.15) is 40.2 Å². The number of hydrazone groups is 1. The van der Waals surface area contributed by atoms with Crippen LogP contribution in [0.3, 0.4) is 0 Å². The standard InChI is InChI=1S/C23H25BrN4O6/c1-5-32-20-10-16(11-25-26-21(29)12-28-15(3)22(24)14(2)27-28)6-8-18(20)33-13-17-7-9-19(34-17)23(30)31-4/h6-11H,5,12-13H2,1-4H3,(H,26,29)/b25-11+. The zero-order valence-corrected chi connectivity index (χ0v) is 20.8. The number of nitrogens with zero attached hydrogens (tertiary/aromatic N) is 3. The fourth-order valence-corrected chi connectivity index (χ4v) is 3.27. The number of aryl methyl sites for hydroxylation is 1. The fraction of sp³-hybridized carbons (Fsp3) is 0.304. The van der Waals surface area contributed by atoms with Gasteiger partial charge in [-0.25, -0.2) is 10.2 Å². The van der Waals surface area contributed by atoms with Gasteiger partial charge in [0.2, 0.25) is 5.76 Å². The summed E-state index contributed by atoms with van der Waals surface area (Å²) in [4.78, 5) is 23.7. The first kappa shape index (κ1) is 25.0. The summed E-state index contributed by atoms with van der Waals surface area (Å²) in [6.07, 6.45) is 1.51. The first-order valence-corrected chi connectivity index (χ1v) is 11.2. The molecule has 11 heteroatoms. The molecule has 0 bridgehead atoms. The largest absolute Gasteiger partial charge is 0.490 e. The van der Waals surface area contributed by atoms with E-state index in [1.807, 2.05) is 20.8 Å². The van der Waals surface area contributed by atoms with Crippen molar-refractivity contribution in [2.24, 2.45) is 5.10 Å².